The van der Waals surface area contributed by atoms with E-state index in [9.17, 15) is 13.2 Å². The highest BCUT2D eigenvalue weighted by Gasteiger charge is 2.37. The van der Waals surface area contributed by atoms with Gasteiger partial charge in [-0.3, -0.25) is 0 Å². The third-order valence-corrected chi connectivity index (χ3v) is 4.76. The first-order valence-electron chi connectivity index (χ1n) is 9.59. The third kappa shape index (κ3) is 5.09. The van der Waals surface area contributed by atoms with Gasteiger partial charge in [0.25, 0.3) is 0 Å². The lowest BCUT2D eigenvalue weighted by Crippen LogP contribution is -2.46. The van der Waals surface area contributed by atoms with Gasteiger partial charge in [0, 0.05) is 49.1 Å². The Hall–Kier alpha value is -2.42. The van der Waals surface area contributed by atoms with E-state index in [0.717, 1.165) is 11.4 Å². The fourth-order valence-electron chi connectivity index (χ4n) is 3.32. The number of anilines is 1. The van der Waals surface area contributed by atoms with Gasteiger partial charge in [-0.05, 0) is 51.8 Å². The van der Waals surface area contributed by atoms with E-state index in [1.807, 2.05) is 23.1 Å². The number of pyridine rings is 1. The molecule has 3 rings (SSSR count). The Labute approximate surface area is 164 Å². The van der Waals surface area contributed by atoms with Crippen LogP contribution in [0.4, 0.5) is 19.0 Å². The van der Waals surface area contributed by atoms with Crippen molar-refractivity contribution in [1.29, 1.82) is 0 Å². The second kappa shape index (κ2) is 7.90. The molecule has 0 N–H and O–H groups in total. The number of halogens is 3. The molecular weight excluding hydrogens is 363 g/mol. The third-order valence-electron chi connectivity index (χ3n) is 4.76. The molecule has 0 amide bonds. The highest BCUT2D eigenvalue weighted by atomic mass is 19.4. The first-order valence-corrected chi connectivity index (χ1v) is 9.59. The smallest absolute Gasteiger partial charge is 0.368 e. The van der Waals surface area contributed by atoms with Crippen LogP contribution in [0.2, 0.25) is 0 Å². The fraction of sp³-hybridized carbons (Fsp3) is 0.500. The fourth-order valence-corrected chi connectivity index (χ4v) is 3.32. The Morgan fingerprint density at radius 1 is 1.00 bits per heavy atom. The van der Waals surface area contributed by atoms with Gasteiger partial charge in [0.15, 0.2) is 0 Å². The highest BCUT2D eigenvalue weighted by molar-refractivity contribution is 5.44. The van der Waals surface area contributed by atoms with Gasteiger partial charge in [0.2, 0.25) is 0 Å². The zero-order valence-electron chi connectivity index (χ0n) is 16.6. The molecule has 0 atom stereocenters. The lowest BCUT2D eigenvalue weighted by molar-refractivity contribution is -0.0961. The van der Waals surface area contributed by atoms with Crippen LogP contribution < -0.4 is 4.90 Å². The van der Waals surface area contributed by atoms with Crippen LogP contribution in [-0.2, 0) is 0 Å². The molecule has 1 aliphatic carbocycles. The van der Waals surface area contributed by atoms with Crippen LogP contribution in [0, 0.1) is 17.3 Å². The largest absolute Gasteiger partial charge is 0.414 e. The number of hydrogen-bond acceptors (Lipinski definition) is 3. The topological polar surface area (TPSA) is 19.4 Å². The minimum Gasteiger partial charge on any atom is -0.368 e. The maximum Gasteiger partial charge on any atom is 0.414 e. The van der Waals surface area contributed by atoms with Gasteiger partial charge in [-0.15, -0.1) is 0 Å². The minimum atomic E-state index is -4.26. The molecule has 0 spiro atoms. The molecule has 150 valence electrons. The number of allylic oxidation sites excluding steroid dienone is 3. The van der Waals surface area contributed by atoms with Crippen molar-refractivity contribution in [1.82, 2.24) is 9.88 Å². The first-order chi connectivity index (χ1) is 13.1. The number of alkyl halides is 3. The predicted octanol–water partition coefficient (Wildman–Crippen LogP) is 4.77. The van der Waals surface area contributed by atoms with Crippen molar-refractivity contribution in [2.24, 2.45) is 5.41 Å². The summed E-state index contributed by atoms with van der Waals surface area (Å²) in [5.74, 6) is 7.14. The zero-order valence-corrected chi connectivity index (χ0v) is 16.6. The summed E-state index contributed by atoms with van der Waals surface area (Å²) in [7, 11) is 0. The molecule has 2 aliphatic rings. The SMILES string of the molecule is CC(C)(C)C#Cc1ccc(N2CCN(C3=C(C(F)(F)F)CCC=C3)CC2)nc1. The molecule has 1 aromatic rings. The Kier molecular flexibility index (Phi) is 5.74. The van der Waals surface area contributed by atoms with E-state index in [-0.39, 0.29) is 11.8 Å². The number of nitrogens with zero attached hydrogens (tertiary/aromatic N) is 3. The van der Waals surface area contributed by atoms with Gasteiger partial charge < -0.3 is 9.80 Å². The minimum absolute atomic E-state index is 0.0630. The van der Waals surface area contributed by atoms with Gasteiger partial charge in [-0.25, -0.2) is 4.98 Å². The van der Waals surface area contributed by atoms with Crippen LogP contribution in [-0.4, -0.2) is 42.2 Å². The number of aromatic nitrogens is 1. The molecule has 0 saturated carbocycles. The molecule has 0 bridgehead atoms. The van der Waals surface area contributed by atoms with Crippen molar-refractivity contribution in [2.75, 3.05) is 31.1 Å². The maximum atomic E-state index is 13.3. The van der Waals surface area contributed by atoms with E-state index < -0.39 is 11.7 Å². The van der Waals surface area contributed by atoms with E-state index in [1.165, 1.54) is 0 Å². The van der Waals surface area contributed by atoms with Crippen molar-refractivity contribution in [3.05, 3.63) is 47.3 Å². The van der Waals surface area contributed by atoms with E-state index in [2.05, 4.69) is 42.5 Å². The van der Waals surface area contributed by atoms with E-state index in [0.29, 0.717) is 38.3 Å². The molecule has 1 aromatic heterocycles. The summed E-state index contributed by atoms with van der Waals surface area (Å²) in [6.07, 6.45) is 1.47. The van der Waals surface area contributed by atoms with Crippen LogP contribution in [0.25, 0.3) is 0 Å². The zero-order chi connectivity index (χ0) is 20.4. The van der Waals surface area contributed by atoms with Crippen molar-refractivity contribution in [3.8, 4) is 11.8 Å². The Morgan fingerprint density at radius 3 is 2.25 bits per heavy atom. The van der Waals surface area contributed by atoms with E-state index in [1.54, 1.807) is 12.3 Å². The lowest BCUT2D eigenvalue weighted by Gasteiger charge is -2.39. The molecule has 0 unspecified atom stereocenters. The lowest BCUT2D eigenvalue weighted by atomic mass is 9.97. The molecule has 1 fully saturated rings. The van der Waals surface area contributed by atoms with Crippen molar-refractivity contribution >= 4 is 5.82 Å². The van der Waals surface area contributed by atoms with Crippen LogP contribution >= 0.6 is 0 Å². The van der Waals surface area contributed by atoms with Crippen LogP contribution in [0.15, 0.2) is 41.8 Å². The molecule has 3 nitrogen and oxygen atoms in total. The van der Waals surface area contributed by atoms with Crippen molar-refractivity contribution in [3.63, 3.8) is 0 Å². The summed E-state index contributed by atoms with van der Waals surface area (Å²) in [6.45, 7) is 8.55. The normalized spacial score (nSPS) is 18.2. The summed E-state index contributed by atoms with van der Waals surface area (Å²) < 4.78 is 39.9. The first kappa shape index (κ1) is 20.3. The number of rotatable bonds is 2. The molecule has 1 saturated heterocycles. The highest BCUT2D eigenvalue weighted by Crippen LogP contribution is 2.36. The average Bonchev–Trinajstić information content (AvgIpc) is 2.66. The molecular formula is C22H26F3N3. The van der Waals surface area contributed by atoms with Crippen LogP contribution in [0.5, 0.6) is 0 Å². The Bertz CT molecular complexity index is 810. The summed E-state index contributed by atoms with van der Waals surface area (Å²) in [6, 6.07) is 3.88. The summed E-state index contributed by atoms with van der Waals surface area (Å²) >= 11 is 0. The van der Waals surface area contributed by atoms with Crippen LogP contribution in [0.3, 0.4) is 0 Å². The summed E-state index contributed by atoms with van der Waals surface area (Å²) in [5.41, 5.74) is 0.735. The maximum absolute atomic E-state index is 13.3. The second-order valence-corrected chi connectivity index (χ2v) is 8.18. The van der Waals surface area contributed by atoms with Gasteiger partial charge >= 0.3 is 6.18 Å². The summed E-state index contributed by atoms with van der Waals surface area (Å²) in [4.78, 5) is 8.45. The Balaban J connectivity index is 1.66. The number of hydrogen-bond donors (Lipinski definition) is 0. The van der Waals surface area contributed by atoms with Crippen molar-refractivity contribution in [2.45, 2.75) is 39.8 Å². The Morgan fingerprint density at radius 2 is 1.68 bits per heavy atom. The molecule has 0 aromatic carbocycles. The van der Waals surface area contributed by atoms with Gasteiger partial charge in [-0.2, -0.15) is 13.2 Å². The van der Waals surface area contributed by atoms with Gasteiger partial charge in [0.1, 0.15) is 5.82 Å². The standard InChI is InChI=1S/C22H26F3N3/c1-21(2,3)11-10-17-8-9-20(26-16-17)28-14-12-27(13-15-28)19-7-5-4-6-18(19)22(23,24)25/h5,7-9,16H,4,6,12-15H2,1-3H3. The van der Waals surface area contributed by atoms with Crippen molar-refractivity contribution < 1.29 is 13.2 Å². The molecule has 1 aliphatic heterocycles. The molecule has 2 heterocycles. The summed E-state index contributed by atoms with van der Waals surface area (Å²) in [5, 5.41) is 0. The van der Waals surface area contributed by atoms with E-state index >= 15 is 0 Å². The molecule has 0 radical (unpaired) electrons. The average molecular weight is 389 g/mol. The number of piperazine rings is 1. The van der Waals surface area contributed by atoms with Crippen LogP contribution in [0.1, 0.15) is 39.2 Å². The predicted molar refractivity (Wildman–Crippen MR) is 106 cm³/mol. The van der Waals surface area contributed by atoms with E-state index in [4.69, 9.17) is 0 Å². The quantitative estimate of drug-likeness (QED) is 0.680. The van der Waals surface area contributed by atoms with Gasteiger partial charge in [0.05, 0.1) is 5.57 Å². The molecule has 28 heavy (non-hydrogen) atoms. The molecule has 6 heteroatoms. The monoisotopic (exact) mass is 389 g/mol. The van der Waals surface area contributed by atoms with Gasteiger partial charge in [-0.1, -0.05) is 17.9 Å². The second-order valence-electron chi connectivity index (χ2n) is 8.18.